The van der Waals surface area contributed by atoms with Crippen LogP contribution in [0.5, 0.6) is 0 Å². The summed E-state index contributed by atoms with van der Waals surface area (Å²) in [4.78, 5) is 2.89. The average Bonchev–Trinajstić information content (AvgIpc) is 2.61. The van der Waals surface area contributed by atoms with Gasteiger partial charge in [-0.1, -0.05) is 26.2 Å². The molecule has 2 fully saturated rings. The first-order valence-electron chi connectivity index (χ1n) is 8.21. The molecule has 1 aliphatic heterocycles. The second-order valence-corrected chi connectivity index (χ2v) is 6.55. The summed E-state index contributed by atoms with van der Waals surface area (Å²) in [5.41, 5.74) is 0. The molecule has 0 aromatic carbocycles. The van der Waals surface area contributed by atoms with Gasteiger partial charge in [-0.05, 0) is 64.6 Å². The Morgan fingerprint density at radius 1 is 1.00 bits per heavy atom. The molecule has 0 spiro atoms. The third-order valence-corrected chi connectivity index (χ3v) is 5.10. The van der Waals surface area contributed by atoms with Crippen LogP contribution in [0, 0.1) is 5.92 Å². The number of hydrogen-bond donors (Lipinski definition) is 1. The lowest BCUT2D eigenvalue weighted by Gasteiger charge is -2.41. The number of nitrogens with zero attached hydrogens (tertiary/aromatic N) is 1. The van der Waals surface area contributed by atoms with E-state index < -0.39 is 0 Å². The molecule has 106 valence electrons. The maximum atomic E-state index is 3.33. The molecule has 2 rings (SSSR count). The minimum absolute atomic E-state index is 0.865. The molecule has 3 unspecified atom stereocenters. The molecule has 1 N–H and O–H groups in total. The number of hydrogen-bond acceptors (Lipinski definition) is 2. The van der Waals surface area contributed by atoms with E-state index in [4.69, 9.17) is 0 Å². The first-order valence-corrected chi connectivity index (χ1v) is 8.21. The van der Waals surface area contributed by atoms with Crippen LogP contribution in [-0.4, -0.2) is 37.1 Å². The molecule has 0 amide bonds. The summed E-state index contributed by atoms with van der Waals surface area (Å²) in [6.45, 7) is 4.99. The summed E-state index contributed by atoms with van der Waals surface area (Å²) < 4.78 is 0. The van der Waals surface area contributed by atoms with Gasteiger partial charge in [-0.25, -0.2) is 0 Å². The number of rotatable bonds is 4. The summed E-state index contributed by atoms with van der Waals surface area (Å²) in [5, 5.41) is 3.33. The minimum Gasteiger partial charge on any atom is -0.320 e. The smallest absolute Gasteiger partial charge is 0.0110 e. The maximum Gasteiger partial charge on any atom is 0.0110 e. The van der Waals surface area contributed by atoms with E-state index >= 15 is 0 Å². The molecule has 0 aromatic heterocycles. The molecular formula is C16H32N2. The fraction of sp³-hybridized carbons (Fsp3) is 1.00. The molecule has 0 radical (unpaired) electrons. The monoisotopic (exact) mass is 252 g/mol. The van der Waals surface area contributed by atoms with Crippen LogP contribution < -0.4 is 5.32 Å². The fourth-order valence-electron chi connectivity index (χ4n) is 3.92. The van der Waals surface area contributed by atoms with Crippen molar-refractivity contribution in [3.63, 3.8) is 0 Å². The van der Waals surface area contributed by atoms with Crippen molar-refractivity contribution >= 4 is 0 Å². The quantitative estimate of drug-likeness (QED) is 0.771. The number of piperidine rings is 1. The highest BCUT2D eigenvalue weighted by Crippen LogP contribution is 2.30. The Morgan fingerprint density at radius 2 is 1.89 bits per heavy atom. The fourth-order valence-corrected chi connectivity index (χ4v) is 3.92. The summed E-state index contributed by atoms with van der Waals surface area (Å²) in [6, 6.07) is 1.77. The van der Waals surface area contributed by atoms with Gasteiger partial charge in [0.1, 0.15) is 0 Å². The SMILES string of the molecule is CNCCC1CCCCN1C1CCCC(C)CC1. The van der Waals surface area contributed by atoms with E-state index in [9.17, 15) is 0 Å². The molecule has 0 aromatic rings. The van der Waals surface area contributed by atoms with Gasteiger partial charge in [0.05, 0.1) is 0 Å². The van der Waals surface area contributed by atoms with Crippen molar-refractivity contribution in [3.8, 4) is 0 Å². The van der Waals surface area contributed by atoms with Crippen LogP contribution >= 0.6 is 0 Å². The van der Waals surface area contributed by atoms with Gasteiger partial charge in [0.25, 0.3) is 0 Å². The summed E-state index contributed by atoms with van der Waals surface area (Å²) in [7, 11) is 2.08. The van der Waals surface area contributed by atoms with Crippen molar-refractivity contribution in [2.45, 2.75) is 76.8 Å². The molecule has 1 saturated heterocycles. The predicted molar refractivity (Wildman–Crippen MR) is 78.9 cm³/mol. The van der Waals surface area contributed by atoms with Crippen LogP contribution in [0.4, 0.5) is 0 Å². The normalized spacial score (nSPS) is 35.3. The Balaban J connectivity index is 1.90. The molecule has 18 heavy (non-hydrogen) atoms. The molecule has 3 atom stereocenters. The van der Waals surface area contributed by atoms with Crippen molar-refractivity contribution in [2.75, 3.05) is 20.1 Å². The Hall–Kier alpha value is -0.0800. The molecule has 2 heteroatoms. The third kappa shape index (κ3) is 3.96. The lowest BCUT2D eigenvalue weighted by molar-refractivity contribution is 0.0797. The molecule has 2 nitrogen and oxygen atoms in total. The molecule has 1 saturated carbocycles. The minimum atomic E-state index is 0.865. The van der Waals surface area contributed by atoms with E-state index in [0.717, 1.165) is 18.0 Å². The van der Waals surface area contributed by atoms with Crippen LogP contribution in [0.1, 0.15) is 64.7 Å². The first kappa shape index (κ1) is 14.3. The first-order chi connectivity index (χ1) is 8.81. The van der Waals surface area contributed by atoms with E-state index in [1.807, 2.05) is 0 Å². The highest BCUT2D eigenvalue weighted by molar-refractivity contribution is 4.85. The topological polar surface area (TPSA) is 15.3 Å². The van der Waals surface area contributed by atoms with Crippen molar-refractivity contribution < 1.29 is 0 Å². The van der Waals surface area contributed by atoms with Gasteiger partial charge in [-0.2, -0.15) is 0 Å². The van der Waals surface area contributed by atoms with Gasteiger partial charge >= 0.3 is 0 Å². The molecule has 2 aliphatic rings. The third-order valence-electron chi connectivity index (χ3n) is 5.10. The van der Waals surface area contributed by atoms with Crippen molar-refractivity contribution in [2.24, 2.45) is 5.92 Å². The van der Waals surface area contributed by atoms with Crippen LogP contribution in [0.25, 0.3) is 0 Å². The van der Waals surface area contributed by atoms with Crippen LogP contribution in [-0.2, 0) is 0 Å². The summed E-state index contributed by atoms with van der Waals surface area (Å²) in [5.74, 6) is 0.968. The van der Waals surface area contributed by atoms with E-state index in [0.29, 0.717) is 0 Å². The Morgan fingerprint density at radius 3 is 2.72 bits per heavy atom. The van der Waals surface area contributed by atoms with Gasteiger partial charge in [0.15, 0.2) is 0 Å². The van der Waals surface area contributed by atoms with Gasteiger partial charge in [-0.3, -0.25) is 4.90 Å². The zero-order valence-electron chi connectivity index (χ0n) is 12.5. The average molecular weight is 252 g/mol. The summed E-state index contributed by atoms with van der Waals surface area (Å²) in [6.07, 6.45) is 13.0. The Bertz CT molecular complexity index is 229. The standard InChI is InChI=1S/C16H32N2/c1-14-6-5-8-15(10-9-14)18-13-4-3-7-16(18)11-12-17-2/h14-17H,3-13H2,1-2H3. The molecule has 1 aliphatic carbocycles. The van der Waals surface area contributed by atoms with E-state index in [-0.39, 0.29) is 0 Å². The summed E-state index contributed by atoms with van der Waals surface area (Å²) >= 11 is 0. The lowest BCUT2D eigenvalue weighted by atomic mass is 9.94. The largest absolute Gasteiger partial charge is 0.320 e. The van der Waals surface area contributed by atoms with Gasteiger partial charge < -0.3 is 5.32 Å². The van der Waals surface area contributed by atoms with Crippen LogP contribution in [0.3, 0.4) is 0 Å². The van der Waals surface area contributed by atoms with Gasteiger partial charge in [0, 0.05) is 12.1 Å². The van der Waals surface area contributed by atoms with Gasteiger partial charge in [-0.15, -0.1) is 0 Å². The van der Waals surface area contributed by atoms with E-state index in [1.54, 1.807) is 0 Å². The van der Waals surface area contributed by atoms with Crippen molar-refractivity contribution in [1.82, 2.24) is 10.2 Å². The highest BCUT2D eigenvalue weighted by atomic mass is 15.2. The second-order valence-electron chi connectivity index (χ2n) is 6.55. The lowest BCUT2D eigenvalue weighted by Crippen LogP contribution is -2.47. The maximum absolute atomic E-state index is 3.33. The molecular weight excluding hydrogens is 220 g/mol. The zero-order chi connectivity index (χ0) is 12.8. The van der Waals surface area contributed by atoms with Crippen molar-refractivity contribution in [3.05, 3.63) is 0 Å². The highest BCUT2D eigenvalue weighted by Gasteiger charge is 2.29. The van der Waals surface area contributed by atoms with E-state index in [2.05, 4.69) is 24.2 Å². The number of nitrogens with one attached hydrogen (secondary N) is 1. The number of likely N-dealkylation sites (tertiary alicyclic amines) is 1. The van der Waals surface area contributed by atoms with Crippen molar-refractivity contribution in [1.29, 1.82) is 0 Å². The molecule has 0 bridgehead atoms. The van der Waals surface area contributed by atoms with Gasteiger partial charge in [0.2, 0.25) is 0 Å². The predicted octanol–water partition coefficient (Wildman–Crippen LogP) is 3.42. The Kier molecular flexibility index (Phi) is 5.97. The molecule has 1 heterocycles. The van der Waals surface area contributed by atoms with Crippen LogP contribution in [0.2, 0.25) is 0 Å². The second kappa shape index (κ2) is 7.49. The Labute approximate surface area is 114 Å². The zero-order valence-corrected chi connectivity index (χ0v) is 12.5. The van der Waals surface area contributed by atoms with Crippen LogP contribution in [0.15, 0.2) is 0 Å². The van der Waals surface area contributed by atoms with E-state index in [1.165, 1.54) is 70.9 Å².